The van der Waals surface area contributed by atoms with Crippen LogP contribution in [0.5, 0.6) is 0 Å². The van der Waals surface area contributed by atoms with Gasteiger partial charge >= 0.3 is 5.97 Å². The van der Waals surface area contributed by atoms with Gasteiger partial charge in [-0.3, -0.25) is 4.79 Å². The van der Waals surface area contributed by atoms with E-state index >= 15 is 0 Å². The highest BCUT2D eigenvalue weighted by molar-refractivity contribution is 5.89. The van der Waals surface area contributed by atoms with E-state index in [1.165, 1.54) is 6.07 Å². The average Bonchev–Trinajstić information content (AvgIpc) is 2.38. The molecule has 1 heterocycles. The fourth-order valence-corrected chi connectivity index (χ4v) is 1.95. The van der Waals surface area contributed by atoms with Gasteiger partial charge in [0.05, 0.1) is 0 Å². The predicted octanol–water partition coefficient (Wildman–Crippen LogP) is 2.91. The number of aromatic amines is 1. The first-order chi connectivity index (χ1) is 9.47. The number of carbonyl (C=O) groups excluding carboxylic acids is 1. The summed E-state index contributed by atoms with van der Waals surface area (Å²) < 4.78 is 5.34. The highest BCUT2D eigenvalue weighted by Crippen LogP contribution is 2.18. The Morgan fingerprint density at radius 3 is 2.60 bits per heavy atom. The molecule has 0 bridgehead atoms. The van der Waals surface area contributed by atoms with Crippen molar-refractivity contribution in [3.63, 3.8) is 0 Å². The number of hydrogen-bond acceptors (Lipinski definition) is 3. The van der Waals surface area contributed by atoms with Crippen LogP contribution < -0.4 is 5.56 Å². The van der Waals surface area contributed by atoms with Crippen LogP contribution in [0.25, 0.3) is 0 Å². The van der Waals surface area contributed by atoms with Crippen LogP contribution in [0.4, 0.5) is 0 Å². The van der Waals surface area contributed by atoms with Crippen LogP contribution >= 0.6 is 0 Å². The SMILES string of the molecule is Cc1cccc(C(C)OC(=O)c2ccc(C)[nH]c2=O)c1. The first kappa shape index (κ1) is 14.1. The van der Waals surface area contributed by atoms with Gasteiger partial charge in [-0.25, -0.2) is 4.79 Å². The first-order valence-electron chi connectivity index (χ1n) is 6.45. The molecule has 0 spiro atoms. The van der Waals surface area contributed by atoms with Gasteiger partial charge in [-0.1, -0.05) is 29.8 Å². The lowest BCUT2D eigenvalue weighted by molar-refractivity contribution is 0.0335. The van der Waals surface area contributed by atoms with Gasteiger partial charge in [-0.2, -0.15) is 0 Å². The molecule has 1 aromatic carbocycles. The van der Waals surface area contributed by atoms with Gasteiger partial charge in [0, 0.05) is 5.69 Å². The summed E-state index contributed by atoms with van der Waals surface area (Å²) in [5, 5.41) is 0. The molecule has 0 aliphatic carbocycles. The smallest absolute Gasteiger partial charge is 0.344 e. The second-order valence-electron chi connectivity index (χ2n) is 4.85. The van der Waals surface area contributed by atoms with Crippen molar-refractivity contribution < 1.29 is 9.53 Å². The van der Waals surface area contributed by atoms with E-state index in [9.17, 15) is 9.59 Å². The number of hydrogen-bond donors (Lipinski definition) is 1. The minimum absolute atomic E-state index is 0.0232. The fraction of sp³-hybridized carbons (Fsp3) is 0.250. The van der Waals surface area contributed by atoms with Crippen LogP contribution in [0.2, 0.25) is 0 Å². The van der Waals surface area contributed by atoms with E-state index in [1.54, 1.807) is 19.9 Å². The van der Waals surface area contributed by atoms with Crippen LogP contribution in [-0.4, -0.2) is 11.0 Å². The van der Waals surface area contributed by atoms with Crippen molar-refractivity contribution in [2.24, 2.45) is 0 Å². The lowest BCUT2D eigenvalue weighted by atomic mass is 10.1. The third-order valence-corrected chi connectivity index (χ3v) is 3.07. The van der Waals surface area contributed by atoms with Crippen molar-refractivity contribution >= 4 is 5.97 Å². The Morgan fingerprint density at radius 2 is 1.95 bits per heavy atom. The van der Waals surface area contributed by atoms with Gasteiger partial charge in [0.25, 0.3) is 5.56 Å². The zero-order valence-electron chi connectivity index (χ0n) is 11.8. The number of nitrogens with one attached hydrogen (secondary N) is 1. The van der Waals surface area contributed by atoms with Gasteiger partial charge in [0.2, 0.25) is 0 Å². The second kappa shape index (κ2) is 5.74. The minimum atomic E-state index is -0.611. The molecule has 1 unspecified atom stereocenters. The molecule has 0 aliphatic rings. The number of rotatable bonds is 3. The fourth-order valence-electron chi connectivity index (χ4n) is 1.95. The van der Waals surface area contributed by atoms with Gasteiger partial charge in [0.1, 0.15) is 11.7 Å². The number of aromatic nitrogens is 1. The maximum atomic E-state index is 12.0. The van der Waals surface area contributed by atoms with E-state index in [0.717, 1.165) is 11.1 Å². The van der Waals surface area contributed by atoms with Crippen LogP contribution in [0.15, 0.2) is 41.2 Å². The standard InChI is InChI=1S/C16H17NO3/c1-10-5-4-6-13(9-10)12(3)20-16(19)14-8-7-11(2)17-15(14)18/h4-9,12H,1-3H3,(H,17,18). The number of aryl methyl sites for hydroxylation is 2. The molecule has 1 N–H and O–H groups in total. The van der Waals surface area contributed by atoms with E-state index in [-0.39, 0.29) is 5.56 Å². The van der Waals surface area contributed by atoms with E-state index in [0.29, 0.717) is 5.69 Å². The van der Waals surface area contributed by atoms with Gasteiger partial charge < -0.3 is 9.72 Å². The molecule has 20 heavy (non-hydrogen) atoms. The molecule has 2 aromatic rings. The molecule has 0 fully saturated rings. The first-order valence-corrected chi connectivity index (χ1v) is 6.45. The highest BCUT2D eigenvalue weighted by Gasteiger charge is 2.16. The van der Waals surface area contributed by atoms with Crippen molar-refractivity contribution in [1.29, 1.82) is 0 Å². The van der Waals surface area contributed by atoms with Crippen LogP contribution in [0.3, 0.4) is 0 Å². The zero-order valence-corrected chi connectivity index (χ0v) is 11.8. The van der Waals surface area contributed by atoms with Crippen molar-refractivity contribution in [3.8, 4) is 0 Å². The molecular formula is C16H17NO3. The third-order valence-electron chi connectivity index (χ3n) is 3.07. The van der Waals surface area contributed by atoms with E-state index in [4.69, 9.17) is 4.74 Å². The Morgan fingerprint density at radius 1 is 1.20 bits per heavy atom. The number of carbonyl (C=O) groups is 1. The second-order valence-corrected chi connectivity index (χ2v) is 4.85. The van der Waals surface area contributed by atoms with Gasteiger partial charge in [-0.05, 0) is 38.5 Å². The third kappa shape index (κ3) is 3.15. The normalized spacial score (nSPS) is 11.9. The monoisotopic (exact) mass is 271 g/mol. The molecule has 2 rings (SSSR count). The summed E-state index contributed by atoms with van der Waals surface area (Å²) >= 11 is 0. The van der Waals surface area contributed by atoms with Crippen LogP contribution in [0.1, 0.15) is 40.2 Å². The zero-order chi connectivity index (χ0) is 14.7. The minimum Gasteiger partial charge on any atom is -0.454 e. The molecule has 4 nitrogen and oxygen atoms in total. The Kier molecular flexibility index (Phi) is 4.03. The Labute approximate surface area is 117 Å². The molecule has 0 amide bonds. The topological polar surface area (TPSA) is 59.2 Å². The Hall–Kier alpha value is -2.36. The molecule has 4 heteroatoms. The molecule has 0 saturated heterocycles. The summed E-state index contributed by atoms with van der Waals surface area (Å²) in [4.78, 5) is 26.3. The lowest BCUT2D eigenvalue weighted by Gasteiger charge is -2.14. The number of pyridine rings is 1. The number of H-pyrrole nitrogens is 1. The maximum absolute atomic E-state index is 12.0. The van der Waals surface area contributed by atoms with Crippen LogP contribution in [0, 0.1) is 13.8 Å². The summed E-state index contributed by atoms with van der Waals surface area (Å²) in [6.07, 6.45) is -0.400. The molecule has 0 aliphatic heterocycles. The number of ether oxygens (including phenoxy) is 1. The summed E-state index contributed by atoms with van der Waals surface area (Å²) in [6.45, 7) is 5.52. The largest absolute Gasteiger partial charge is 0.454 e. The summed E-state index contributed by atoms with van der Waals surface area (Å²) in [5.74, 6) is -0.611. The summed E-state index contributed by atoms with van der Waals surface area (Å²) in [6, 6.07) is 10.9. The number of esters is 1. The molecule has 1 aromatic heterocycles. The molecule has 0 radical (unpaired) electrons. The van der Waals surface area contributed by atoms with Crippen LogP contribution in [-0.2, 0) is 4.74 Å². The van der Waals surface area contributed by atoms with Gasteiger partial charge in [0.15, 0.2) is 0 Å². The Bertz CT molecular complexity index is 688. The molecule has 0 saturated carbocycles. The average molecular weight is 271 g/mol. The summed E-state index contributed by atoms with van der Waals surface area (Å²) in [7, 11) is 0. The number of benzene rings is 1. The van der Waals surface area contributed by atoms with Crippen molar-refractivity contribution in [2.75, 3.05) is 0 Å². The predicted molar refractivity (Wildman–Crippen MR) is 76.8 cm³/mol. The Balaban J connectivity index is 2.17. The van der Waals surface area contributed by atoms with E-state index in [2.05, 4.69) is 4.98 Å². The van der Waals surface area contributed by atoms with E-state index < -0.39 is 17.6 Å². The van der Waals surface area contributed by atoms with Crippen molar-refractivity contribution in [1.82, 2.24) is 4.98 Å². The van der Waals surface area contributed by atoms with E-state index in [1.807, 2.05) is 31.2 Å². The molecule has 104 valence electrons. The lowest BCUT2D eigenvalue weighted by Crippen LogP contribution is -2.21. The quantitative estimate of drug-likeness (QED) is 0.873. The van der Waals surface area contributed by atoms with Crippen molar-refractivity contribution in [2.45, 2.75) is 26.9 Å². The van der Waals surface area contributed by atoms with Crippen molar-refractivity contribution in [3.05, 3.63) is 69.1 Å². The molecular weight excluding hydrogens is 254 g/mol. The maximum Gasteiger partial charge on any atom is 0.344 e. The summed E-state index contributed by atoms with van der Waals surface area (Å²) in [5.41, 5.74) is 2.31. The molecule has 1 atom stereocenters. The highest BCUT2D eigenvalue weighted by atomic mass is 16.5. The van der Waals surface area contributed by atoms with Gasteiger partial charge in [-0.15, -0.1) is 0 Å².